The zero-order valence-electron chi connectivity index (χ0n) is 15.7. The van der Waals surface area contributed by atoms with E-state index in [0.717, 1.165) is 19.3 Å². The highest BCUT2D eigenvalue weighted by Gasteiger charge is 2.22. The molecule has 0 spiro atoms. The molecule has 4 rings (SSSR count). The topological polar surface area (TPSA) is 60.3 Å². The maximum atomic E-state index is 12.9. The van der Waals surface area contributed by atoms with Crippen LogP contribution in [0.4, 0.5) is 0 Å². The summed E-state index contributed by atoms with van der Waals surface area (Å²) in [5.41, 5.74) is 3.43. The number of carbonyl (C=O) groups is 1. The van der Waals surface area contributed by atoms with Crippen molar-refractivity contribution in [3.05, 3.63) is 93.9 Å². The predicted octanol–water partition coefficient (Wildman–Crippen LogP) is 3.65. The van der Waals surface area contributed by atoms with E-state index < -0.39 is 0 Å². The standard InChI is InChI=1S/C23H22N2O3/c1-28-19-12-10-18(11-13-19)25-15-17(9-14-22(25)26)23(27)24-21-8-4-6-16-5-2-3-7-20(16)21/h2-3,5,7,9-15,21H,4,6,8H2,1H3,(H,24,27). The maximum Gasteiger partial charge on any atom is 0.255 e. The Morgan fingerprint density at radius 1 is 1.07 bits per heavy atom. The molecule has 1 heterocycles. The highest BCUT2D eigenvalue weighted by Crippen LogP contribution is 2.29. The molecule has 142 valence electrons. The molecule has 1 aliphatic carbocycles. The second-order valence-electron chi connectivity index (χ2n) is 6.94. The molecule has 0 fully saturated rings. The Kier molecular flexibility index (Phi) is 4.98. The fraction of sp³-hybridized carbons (Fsp3) is 0.217. The molecule has 5 heteroatoms. The lowest BCUT2D eigenvalue weighted by molar-refractivity contribution is 0.0932. The lowest BCUT2D eigenvalue weighted by atomic mass is 9.87. The van der Waals surface area contributed by atoms with Gasteiger partial charge < -0.3 is 10.1 Å². The zero-order valence-corrected chi connectivity index (χ0v) is 15.7. The molecular formula is C23H22N2O3. The van der Waals surface area contributed by atoms with E-state index in [4.69, 9.17) is 4.74 Å². The fourth-order valence-electron chi connectivity index (χ4n) is 3.71. The Morgan fingerprint density at radius 2 is 1.86 bits per heavy atom. The van der Waals surface area contributed by atoms with Crippen LogP contribution in [-0.4, -0.2) is 17.6 Å². The van der Waals surface area contributed by atoms with Gasteiger partial charge >= 0.3 is 0 Å². The smallest absolute Gasteiger partial charge is 0.255 e. The molecule has 0 saturated carbocycles. The van der Waals surface area contributed by atoms with Crippen LogP contribution in [0.1, 0.15) is 40.4 Å². The molecular weight excluding hydrogens is 352 g/mol. The van der Waals surface area contributed by atoms with Gasteiger partial charge in [0.2, 0.25) is 0 Å². The molecule has 2 aromatic carbocycles. The van der Waals surface area contributed by atoms with Gasteiger partial charge in [-0.05, 0) is 60.7 Å². The van der Waals surface area contributed by atoms with Gasteiger partial charge in [0, 0.05) is 18.0 Å². The summed E-state index contributed by atoms with van der Waals surface area (Å²) in [5.74, 6) is 0.533. The van der Waals surface area contributed by atoms with Gasteiger partial charge in [-0.1, -0.05) is 24.3 Å². The summed E-state index contributed by atoms with van der Waals surface area (Å²) in [6.45, 7) is 0. The van der Waals surface area contributed by atoms with Crippen LogP contribution in [-0.2, 0) is 6.42 Å². The van der Waals surface area contributed by atoms with Crippen molar-refractivity contribution in [3.8, 4) is 11.4 Å². The third kappa shape index (κ3) is 3.56. The molecule has 1 aromatic heterocycles. The average molecular weight is 374 g/mol. The van der Waals surface area contributed by atoms with Gasteiger partial charge in [0.1, 0.15) is 5.75 Å². The number of fused-ring (bicyclic) bond motifs is 1. The van der Waals surface area contributed by atoms with Crippen LogP contribution in [0.3, 0.4) is 0 Å². The van der Waals surface area contributed by atoms with Crippen LogP contribution in [0.5, 0.6) is 5.75 Å². The van der Waals surface area contributed by atoms with Crippen LogP contribution in [0.15, 0.2) is 71.7 Å². The van der Waals surface area contributed by atoms with E-state index in [1.165, 1.54) is 21.8 Å². The second kappa shape index (κ2) is 7.72. The number of ether oxygens (including phenoxy) is 1. The third-order valence-electron chi connectivity index (χ3n) is 5.20. The molecule has 0 bridgehead atoms. The number of nitrogens with one attached hydrogen (secondary N) is 1. The van der Waals surface area contributed by atoms with Crippen LogP contribution in [0.2, 0.25) is 0 Å². The Hall–Kier alpha value is -3.34. The van der Waals surface area contributed by atoms with Gasteiger partial charge in [0.15, 0.2) is 0 Å². The maximum absolute atomic E-state index is 12.9. The molecule has 0 radical (unpaired) electrons. The summed E-state index contributed by atoms with van der Waals surface area (Å²) in [6, 6.07) is 18.4. The first-order valence-electron chi connectivity index (χ1n) is 9.41. The molecule has 1 atom stereocenters. The van der Waals surface area contributed by atoms with Crippen LogP contribution >= 0.6 is 0 Å². The van der Waals surface area contributed by atoms with Crippen molar-refractivity contribution in [1.82, 2.24) is 9.88 Å². The average Bonchev–Trinajstić information content (AvgIpc) is 2.74. The van der Waals surface area contributed by atoms with E-state index >= 15 is 0 Å². The largest absolute Gasteiger partial charge is 0.497 e. The minimum absolute atomic E-state index is 0.00110. The summed E-state index contributed by atoms with van der Waals surface area (Å²) in [7, 11) is 1.59. The van der Waals surface area contributed by atoms with Crippen molar-refractivity contribution in [2.24, 2.45) is 0 Å². The minimum atomic E-state index is -0.190. The van der Waals surface area contributed by atoms with Crippen molar-refractivity contribution in [2.75, 3.05) is 7.11 Å². The Morgan fingerprint density at radius 3 is 2.64 bits per heavy atom. The lowest BCUT2D eigenvalue weighted by Gasteiger charge is -2.26. The zero-order chi connectivity index (χ0) is 19.5. The normalized spacial score (nSPS) is 15.5. The van der Waals surface area contributed by atoms with E-state index in [-0.39, 0.29) is 17.5 Å². The van der Waals surface area contributed by atoms with E-state index in [9.17, 15) is 9.59 Å². The van der Waals surface area contributed by atoms with Crippen LogP contribution in [0, 0.1) is 0 Å². The first-order valence-corrected chi connectivity index (χ1v) is 9.41. The van der Waals surface area contributed by atoms with Crippen LogP contribution < -0.4 is 15.6 Å². The molecule has 1 N–H and O–H groups in total. The Balaban J connectivity index is 1.60. The van der Waals surface area contributed by atoms with Gasteiger partial charge in [-0.25, -0.2) is 0 Å². The molecule has 0 aliphatic heterocycles. The highest BCUT2D eigenvalue weighted by atomic mass is 16.5. The number of methoxy groups -OCH3 is 1. The van der Waals surface area contributed by atoms with Gasteiger partial charge in [-0.3, -0.25) is 14.2 Å². The van der Waals surface area contributed by atoms with E-state index in [1.54, 1.807) is 43.6 Å². The number of amides is 1. The number of hydrogen-bond acceptors (Lipinski definition) is 3. The summed E-state index contributed by atoms with van der Waals surface area (Å²) >= 11 is 0. The molecule has 3 aromatic rings. The summed E-state index contributed by atoms with van der Waals surface area (Å²) in [4.78, 5) is 25.2. The molecule has 28 heavy (non-hydrogen) atoms. The highest BCUT2D eigenvalue weighted by molar-refractivity contribution is 5.94. The molecule has 1 amide bonds. The second-order valence-corrected chi connectivity index (χ2v) is 6.94. The number of hydrogen-bond donors (Lipinski definition) is 1. The van der Waals surface area contributed by atoms with E-state index in [1.807, 2.05) is 12.1 Å². The SMILES string of the molecule is COc1ccc(-n2cc(C(=O)NC3CCCc4ccccc43)ccc2=O)cc1. The van der Waals surface area contributed by atoms with E-state index in [0.29, 0.717) is 17.0 Å². The van der Waals surface area contributed by atoms with Crippen molar-refractivity contribution < 1.29 is 9.53 Å². The van der Waals surface area contributed by atoms with Gasteiger partial charge in [-0.2, -0.15) is 0 Å². The first-order chi connectivity index (χ1) is 13.7. The van der Waals surface area contributed by atoms with Gasteiger partial charge in [0.05, 0.1) is 18.7 Å². The number of carbonyl (C=O) groups excluding carboxylic acids is 1. The van der Waals surface area contributed by atoms with Crippen molar-refractivity contribution in [3.63, 3.8) is 0 Å². The van der Waals surface area contributed by atoms with Crippen molar-refractivity contribution >= 4 is 5.91 Å². The summed E-state index contributed by atoms with van der Waals surface area (Å²) < 4.78 is 6.63. The molecule has 0 saturated heterocycles. The molecule has 5 nitrogen and oxygen atoms in total. The predicted molar refractivity (Wildman–Crippen MR) is 108 cm³/mol. The number of benzene rings is 2. The van der Waals surface area contributed by atoms with Crippen molar-refractivity contribution in [2.45, 2.75) is 25.3 Å². The molecule has 1 aliphatic rings. The quantitative estimate of drug-likeness (QED) is 0.758. The lowest BCUT2D eigenvalue weighted by Crippen LogP contribution is -2.32. The Bertz CT molecular complexity index is 1050. The van der Waals surface area contributed by atoms with Gasteiger partial charge in [-0.15, -0.1) is 0 Å². The number of aromatic nitrogens is 1. The van der Waals surface area contributed by atoms with E-state index in [2.05, 4.69) is 17.4 Å². The summed E-state index contributed by atoms with van der Waals surface area (Å²) in [5, 5.41) is 3.13. The van der Waals surface area contributed by atoms with Crippen molar-refractivity contribution in [1.29, 1.82) is 0 Å². The number of nitrogens with zero attached hydrogens (tertiary/aromatic N) is 1. The number of aryl methyl sites for hydroxylation is 1. The van der Waals surface area contributed by atoms with Crippen LogP contribution in [0.25, 0.3) is 5.69 Å². The minimum Gasteiger partial charge on any atom is -0.497 e. The third-order valence-corrected chi connectivity index (χ3v) is 5.20. The Labute approximate surface area is 163 Å². The fourth-order valence-corrected chi connectivity index (χ4v) is 3.71. The monoisotopic (exact) mass is 374 g/mol. The number of rotatable bonds is 4. The molecule has 1 unspecified atom stereocenters. The van der Waals surface area contributed by atoms with Gasteiger partial charge in [0.25, 0.3) is 11.5 Å². The number of pyridine rings is 1. The summed E-state index contributed by atoms with van der Waals surface area (Å²) in [6.07, 6.45) is 4.60. The first kappa shape index (κ1) is 18.0.